The third kappa shape index (κ3) is 2.86. The molecule has 18 heavy (non-hydrogen) atoms. The lowest BCUT2D eigenvalue weighted by Gasteiger charge is -2.16. The minimum Gasteiger partial charge on any atom is -0.493 e. The minimum atomic E-state index is 0.608. The van der Waals surface area contributed by atoms with Gasteiger partial charge in [0.15, 0.2) is 0 Å². The SMILES string of the molecule is CC(CCNC1CC1)CC1COc2ccccc21. The Hall–Kier alpha value is -1.02. The van der Waals surface area contributed by atoms with E-state index in [2.05, 4.69) is 36.5 Å². The molecule has 1 aromatic rings. The molecule has 2 nitrogen and oxygen atoms in total. The summed E-state index contributed by atoms with van der Waals surface area (Å²) in [4.78, 5) is 0. The van der Waals surface area contributed by atoms with Crippen molar-refractivity contribution >= 4 is 0 Å². The zero-order valence-corrected chi connectivity index (χ0v) is 11.2. The van der Waals surface area contributed by atoms with Gasteiger partial charge in [-0.15, -0.1) is 0 Å². The fourth-order valence-electron chi connectivity index (χ4n) is 2.85. The summed E-state index contributed by atoms with van der Waals surface area (Å²) in [6.45, 7) is 4.43. The van der Waals surface area contributed by atoms with Crippen molar-refractivity contribution in [3.63, 3.8) is 0 Å². The fourth-order valence-corrected chi connectivity index (χ4v) is 2.85. The molecule has 1 heterocycles. The van der Waals surface area contributed by atoms with Crippen molar-refractivity contribution in [3.05, 3.63) is 29.8 Å². The lowest BCUT2D eigenvalue weighted by Crippen LogP contribution is -2.20. The Balaban J connectivity index is 1.47. The van der Waals surface area contributed by atoms with Crippen LogP contribution in [-0.2, 0) is 0 Å². The molecule has 1 N–H and O–H groups in total. The van der Waals surface area contributed by atoms with E-state index >= 15 is 0 Å². The number of ether oxygens (including phenoxy) is 1. The molecule has 1 aliphatic carbocycles. The van der Waals surface area contributed by atoms with Crippen LogP contribution in [0.2, 0.25) is 0 Å². The Bertz CT molecular complexity index is 400. The molecular formula is C16H23NO. The lowest BCUT2D eigenvalue weighted by molar-refractivity contribution is 0.306. The number of rotatable bonds is 6. The number of para-hydroxylation sites is 1. The second-order valence-corrected chi connectivity index (χ2v) is 5.90. The van der Waals surface area contributed by atoms with Crippen LogP contribution in [-0.4, -0.2) is 19.2 Å². The summed E-state index contributed by atoms with van der Waals surface area (Å²) < 4.78 is 5.75. The van der Waals surface area contributed by atoms with Gasteiger partial charge >= 0.3 is 0 Å². The van der Waals surface area contributed by atoms with E-state index in [0.717, 1.165) is 24.3 Å². The molecule has 3 rings (SSSR count). The van der Waals surface area contributed by atoms with Gasteiger partial charge in [-0.2, -0.15) is 0 Å². The number of hydrogen-bond acceptors (Lipinski definition) is 2. The van der Waals surface area contributed by atoms with Crippen LogP contribution >= 0.6 is 0 Å². The van der Waals surface area contributed by atoms with E-state index in [9.17, 15) is 0 Å². The van der Waals surface area contributed by atoms with E-state index in [0.29, 0.717) is 5.92 Å². The molecule has 0 amide bonds. The van der Waals surface area contributed by atoms with Gasteiger partial charge in [0.05, 0.1) is 6.61 Å². The minimum absolute atomic E-state index is 0.608. The highest BCUT2D eigenvalue weighted by molar-refractivity contribution is 5.39. The quantitative estimate of drug-likeness (QED) is 0.830. The fraction of sp³-hybridized carbons (Fsp3) is 0.625. The molecule has 0 saturated heterocycles. The molecule has 0 aromatic heterocycles. The maximum absolute atomic E-state index is 5.75. The van der Waals surface area contributed by atoms with Crippen LogP contribution in [0.4, 0.5) is 0 Å². The van der Waals surface area contributed by atoms with E-state index < -0.39 is 0 Å². The maximum atomic E-state index is 5.75. The lowest BCUT2D eigenvalue weighted by atomic mass is 9.89. The van der Waals surface area contributed by atoms with Crippen molar-refractivity contribution in [3.8, 4) is 5.75 Å². The zero-order valence-electron chi connectivity index (χ0n) is 11.2. The Labute approximate surface area is 110 Å². The molecule has 1 aliphatic heterocycles. The monoisotopic (exact) mass is 245 g/mol. The third-order valence-corrected chi connectivity index (χ3v) is 4.13. The molecule has 0 spiro atoms. The summed E-state index contributed by atoms with van der Waals surface area (Å²) in [5, 5.41) is 3.60. The zero-order chi connectivity index (χ0) is 12.4. The molecule has 1 fully saturated rings. The third-order valence-electron chi connectivity index (χ3n) is 4.13. The molecule has 1 aromatic carbocycles. The summed E-state index contributed by atoms with van der Waals surface area (Å²) in [7, 11) is 0. The van der Waals surface area contributed by atoms with Gasteiger partial charge in [-0.25, -0.2) is 0 Å². The largest absolute Gasteiger partial charge is 0.493 e. The van der Waals surface area contributed by atoms with E-state index in [1.54, 1.807) is 0 Å². The molecule has 2 aliphatic rings. The van der Waals surface area contributed by atoms with Crippen molar-refractivity contribution in [1.29, 1.82) is 0 Å². The Morgan fingerprint density at radius 1 is 1.33 bits per heavy atom. The first kappa shape index (κ1) is 12.0. The Morgan fingerprint density at radius 2 is 2.17 bits per heavy atom. The van der Waals surface area contributed by atoms with Gasteiger partial charge in [0, 0.05) is 17.5 Å². The van der Waals surface area contributed by atoms with Gasteiger partial charge in [0.1, 0.15) is 5.75 Å². The number of benzene rings is 1. The predicted molar refractivity (Wildman–Crippen MR) is 74.1 cm³/mol. The van der Waals surface area contributed by atoms with Gasteiger partial charge in [-0.1, -0.05) is 25.1 Å². The number of nitrogens with one attached hydrogen (secondary N) is 1. The molecule has 2 atom stereocenters. The normalized spacial score (nSPS) is 23.5. The highest BCUT2D eigenvalue weighted by atomic mass is 16.5. The van der Waals surface area contributed by atoms with Crippen LogP contribution in [0.3, 0.4) is 0 Å². The van der Waals surface area contributed by atoms with Crippen LogP contribution in [0.25, 0.3) is 0 Å². The van der Waals surface area contributed by atoms with Crippen molar-refractivity contribution in [2.24, 2.45) is 5.92 Å². The van der Waals surface area contributed by atoms with E-state index in [4.69, 9.17) is 4.74 Å². The topological polar surface area (TPSA) is 21.3 Å². The first-order valence-corrected chi connectivity index (χ1v) is 7.28. The molecule has 2 heteroatoms. The molecule has 2 unspecified atom stereocenters. The van der Waals surface area contributed by atoms with Crippen LogP contribution in [0.5, 0.6) is 5.75 Å². The van der Waals surface area contributed by atoms with E-state index in [-0.39, 0.29) is 0 Å². The van der Waals surface area contributed by atoms with Crippen molar-refractivity contribution in [2.45, 2.75) is 44.6 Å². The van der Waals surface area contributed by atoms with Crippen molar-refractivity contribution < 1.29 is 4.74 Å². The van der Waals surface area contributed by atoms with Gasteiger partial charge in [-0.05, 0) is 44.2 Å². The van der Waals surface area contributed by atoms with Gasteiger partial charge in [0.2, 0.25) is 0 Å². The molecule has 98 valence electrons. The smallest absolute Gasteiger partial charge is 0.122 e. The van der Waals surface area contributed by atoms with Gasteiger partial charge in [0.25, 0.3) is 0 Å². The van der Waals surface area contributed by atoms with Crippen LogP contribution in [0, 0.1) is 5.92 Å². The van der Waals surface area contributed by atoms with Crippen molar-refractivity contribution in [2.75, 3.05) is 13.2 Å². The number of hydrogen-bond donors (Lipinski definition) is 1. The second-order valence-electron chi connectivity index (χ2n) is 5.90. The first-order chi connectivity index (χ1) is 8.83. The van der Waals surface area contributed by atoms with Gasteiger partial charge in [-0.3, -0.25) is 0 Å². The standard InChI is InChI=1S/C16H23NO/c1-12(8-9-17-14-6-7-14)10-13-11-18-16-5-3-2-4-15(13)16/h2-5,12-14,17H,6-11H2,1H3. The summed E-state index contributed by atoms with van der Waals surface area (Å²) in [5.74, 6) is 2.49. The van der Waals surface area contributed by atoms with Gasteiger partial charge < -0.3 is 10.1 Å². The second kappa shape index (κ2) is 5.31. The van der Waals surface area contributed by atoms with Crippen molar-refractivity contribution in [1.82, 2.24) is 5.32 Å². The predicted octanol–water partition coefficient (Wildman–Crippen LogP) is 3.33. The Kier molecular flexibility index (Phi) is 3.55. The summed E-state index contributed by atoms with van der Waals surface area (Å²) in [5.41, 5.74) is 1.42. The average molecular weight is 245 g/mol. The van der Waals surface area contributed by atoms with Crippen LogP contribution < -0.4 is 10.1 Å². The number of fused-ring (bicyclic) bond motifs is 1. The molecular weight excluding hydrogens is 222 g/mol. The van der Waals surface area contributed by atoms with E-state index in [1.807, 2.05) is 0 Å². The molecule has 1 saturated carbocycles. The van der Waals surface area contributed by atoms with E-state index in [1.165, 1.54) is 37.8 Å². The summed E-state index contributed by atoms with van der Waals surface area (Å²) >= 11 is 0. The molecule has 0 bridgehead atoms. The van der Waals surface area contributed by atoms with Crippen LogP contribution in [0.15, 0.2) is 24.3 Å². The highest BCUT2D eigenvalue weighted by Crippen LogP contribution is 2.37. The highest BCUT2D eigenvalue weighted by Gasteiger charge is 2.25. The maximum Gasteiger partial charge on any atom is 0.122 e. The summed E-state index contributed by atoms with van der Waals surface area (Å²) in [6.07, 6.45) is 5.31. The molecule has 0 radical (unpaired) electrons. The van der Waals surface area contributed by atoms with Crippen LogP contribution in [0.1, 0.15) is 44.1 Å². The first-order valence-electron chi connectivity index (χ1n) is 7.28. The summed E-state index contributed by atoms with van der Waals surface area (Å²) in [6, 6.07) is 9.34. The average Bonchev–Trinajstić information content (AvgIpc) is 3.11. The Morgan fingerprint density at radius 3 is 3.00 bits per heavy atom.